The van der Waals surface area contributed by atoms with E-state index >= 15 is 0 Å². The molecule has 0 bridgehead atoms. The quantitative estimate of drug-likeness (QED) is 0.315. The number of aryl methyl sites for hydroxylation is 2. The van der Waals surface area contributed by atoms with Crippen LogP contribution in [-0.2, 0) is 16.0 Å². The number of esters is 1. The van der Waals surface area contributed by atoms with Gasteiger partial charge in [-0.1, -0.05) is 39.8 Å². The second-order valence-corrected chi connectivity index (χ2v) is 10.8. The number of methoxy groups -OCH3 is 1. The molecule has 5 heteroatoms. The molecule has 0 saturated carbocycles. The molecule has 0 saturated heterocycles. The van der Waals surface area contributed by atoms with Crippen LogP contribution in [0.3, 0.4) is 0 Å². The van der Waals surface area contributed by atoms with Gasteiger partial charge in [-0.15, -0.1) is 11.3 Å². The van der Waals surface area contributed by atoms with Crippen molar-refractivity contribution in [2.24, 2.45) is 5.41 Å². The maximum absolute atomic E-state index is 12.2. The van der Waals surface area contributed by atoms with Crippen LogP contribution < -0.4 is 4.74 Å². The van der Waals surface area contributed by atoms with Crippen LogP contribution in [0.1, 0.15) is 72.8 Å². The molecule has 1 unspecified atom stereocenters. The zero-order chi connectivity index (χ0) is 24.2. The fourth-order valence-corrected chi connectivity index (χ4v) is 4.90. The Morgan fingerprint density at radius 1 is 1.06 bits per heavy atom. The summed E-state index contributed by atoms with van der Waals surface area (Å²) in [5, 5.41) is 1.09. The van der Waals surface area contributed by atoms with Crippen LogP contribution in [0.15, 0.2) is 42.5 Å². The zero-order valence-corrected chi connectivity index (χ0v) is 21.3. The van der Waals surface area contributed by atoms with Gasteiger partial charge in [0.25, 0.3) is 0 Å². The Hall–Kier alpha value is -2.66. The predicted molar refractivity (Wildman–Crippen MR) is 136 cm³/mol. The highest BCUT2D eigenvalue weighted by Gasteiger charge is 2.22. The summed E-state index contributed by atoms with van der Waals surface area (Å²) in [6.45, 7) is 10.1. The van der Waals surface area contributed by atoms with Gasteiger partial charge in [0.2, 0.25) is 0 Å². The summed E-state index contributed by atoms with van der Waals surface area (Å²) < 4.78 is 11.8. The number of fused-ring (bicyclic) bond motifs is 1. The van der Waals surface area contributed by atoms with Gasteiger partial charge >= 0.3 is 5.97 Å². The molecule has 3 rings (SSSR count). The Bertz CT molecular complexity index is 1140. The molecular weight excluding hydrogens is 432 g/mol. The van der Waals surface area contributed by atoms with Gasteiger partial charge in [-0.05, 0) is 78.9 Å². The smallest absolute Gasteiger partial charge is 0.337 e. The summed E-state index contributed by atoms with van der Waals surface area (Å²) in [6, 6.07) is 14.2. The van der Waals surface area contributed by atoms with Gasteiger partial charge < -0.3 is 9.47 Å². The van der Waals surface area contributed by atoms with E-state index in [2.05, 4.69) is 25.1 Å². The topological polar surface area (TPSA) is 52.6 Å². The van der Waals surface area contributed by atoms with Gasteiger partial charge in [0.1, 0.15) is 12.4 Å². The minimum atomic E-state index is -0.394. The highest BCUT2D eigenvalue weighted by atomic mass is 32.1. The minimum absolute atomic E-state index is 0.0967. The lowest BCUT2D eigenvalue weighted by Gasteiger charge is -2.19. The number of Topliss-reactive ketones (excluding diaryl/α,β-unsaturated/α-hetero) is 1. The van der Waals surface area contributed by atoms with E-state index in [0.29, 0.717) is 11.5 Å². The summed E-state index contributed by atoms with van der Waals surface area (Å²) >= 11 is 1.79. The monoisotopic (exact) mass is 466 g/mol. The Labute approximate surface area is 200 Å². The Morgan fingerprint density at radius 2 is 1.82 bits per heavy atom. The fourth-order valence-electron chi connectivity index (χ4n) is 3.84. The number of ketones is 1. The second kappa shape index (κ2) is 10.5. The van der Waals surface area contributed by atoms with Gasteiger partial charge in [-0.25, -0.2) is 4.79 Å². The van der Waals surface area contributed by atoms with Crippen molar-refractivity contribution in [3.05, 3.63) is 64.0 Å². The molecule has 0 amide bonds. The lowest BCUT2D eigenvalue weighted by atomic mass is 9.90. The molecule has 1 aromatic heterocycles. The molecular formula is C28H34O4S. The van der Waals surface area contributed by atoms with E-state index in [1.807, 2.05) is 52.0 Å². The van der Waals surface area contributed by atoms with E-state index in [-0.39, 0.29) is 18.4 Å². The third-order valence-corrected chi connectivity index (χ3v) is 7.26. The van der Waals surface area contributed by atoms with Crippen molar-refractivity contribution in [1.29, 1.82) is 0 Å². The first kappa shape index (κ1) is 25.0. The Morgan fingerprint density at radius 3 is 2.45 bits per heavy atom. The van der Waals surface area contributed by atoms with Gasteiger partial charge in [-0.3, -0.25) is 4.79 Å². The van der Waals surface area contributed by atoms with Crippen LogP contribution >= 0.6 is 11.3 Å². The molecule has 3 aromatic rings. The van der Waals surface area contributed by atoms with E-state index in [4.69, 9.17) is 9.47 Å². The molecule has 0 aliphatic carbocycles. The van der Waals surface area contributed by atoms with Gasteiger partial charge in [0.15, 0.2) is 5.78 Å². The molecule has 0 fully saturated rings. The van der Waals surface area contributed by atoms with Crippen molar-refractivity contribution >= 4 is 33.2 Å². The molecule has 1 heterocycles. The van der Waals surface area contributed by atoms with Crippen molar-refractivity contribution in [1.82, 2.24) is 0 Å². The maximum atomic E-state index is 12.2. The van der Waals surface area contributed by atoms with E-state index in [0.717, 1.165) is 36.0 Å². The summed E-state index contributed by atoms with van der Waals surface area (Å²) in [5.41, 5.74) is 2.56. The van der Waals surface area contributed by atoms with Crippen molar-refractivity contribution < 1.29 is 19.1 Å². The van der Waals surface area contributed by atoms with Gasteiger partial charge in [-0.2, -0.15) is 0 Å². The number of carbonyl (C=O) groups excluding carboxylic acids is 2. The maximum Gasteiger partial charge on any atom is 0.337 e. The molecule has 1 atom stereocenters. The molecule has 176 valence electrons. The molecule has 0 spiro atoms. The van der Waals surface area contributed by atoms with Crippen molar-refractivity contribution in [2.45, 2.75) is 59.8 Å². The first-order valence-corrected chi connectivity index (χ1v) is 12.3. The molecule has 0 N–H and O–H groups in total. The number of rotatable bonds is 9. The molecule has 0 aliphatic rings. The van der Waals surface area contributed by atoms with Crippen LogP contribution in [0.25, 0.3) is 10.1 Å². The molecule has 0 aliphatic heterocycles. The van der Waals surface area contributed by atoms with Gasteiger partial charge in [0, 0.05) is 15.0 Å². The first-order valence-electron chi connectivity index (χ1n) is 11.5. The third kappa shape index (κ3) is 6.23. The molecule has 4 nitrogen and oxygen atoms in total. The standard InChI is InChI=1S/C28H34O4S/c1-7-19(20-9-12-24(18(2)14-20)32-17-26(29)28(3,4)5)8-11-23-16-22-15-21(27(30)31-6)10-13-25(22)33-23/h9-10,12-16,19H,7-8,11,17H2,1-6H3. The Kier molecular flexibility index (Phi) is 7.96. The number of thiophene rings is 1. The lowest BCUT2D eigenvalue weighted by molar-refractivity contribution is -0.128. The highest BCUT2D eigenvalue weighted by molar-refractivity contribution is 7.19. The summed E-state index contributed by atoms with van der Waals surface area (Å²) in [4.78, 5) is 25.3. The summed E-state index contributed by atoms with van der Waals surface area (Å²) in [5.74, 6) is 1.02. The zero-order valence-electron chi connectivity index (χ0n) is 20.5. The number of carbonyl (C=O) groups is 2. The van der Waals surface area contributed by atoms with Crippen LogP contribution in [0.5, 0.6) is 5.75 Å². The van der Waals surface area contributed by atoms with Crippen LogP contribution in [0.4, 0.5) is 0 Å². The summed E-state index contributed by atoms with van der Waals surface area (Å²) in [6.07, 6.45) is 3.09. The second-order valence-electron chi connectivity index (χ2n) is 9.59. The fraction of sp³-hybridized carbons (Fsp3) is 0.429. The number of hydrogen-bond acceptors (Lipinski definition) is 5. The average molecular weight is 467 g/mol. The lowest BCUT2D eigenvalue weighted by Crippen LogP contribution is -2.26. The van der Waals surface area contributed by atoms with E-state index in [1.165, 1.54) is 22.3 Å². The minimum Gasteiger partial charge on any atom is -0.486 e. The molecule has 33 heavy (non-hydrogen) atoms. The molecule has 2 aromatic carbocycles. The predicted octanol–water partition coefficient (Wildman–Crippen LogP) is 7.12. The van der Waals surface area contributed by atoms with Crippen LogP contribution in [0, 0.1) is 12.3 Å². The van der Waals surface area contributed by atoms with E-state index in [1.54, 1.807) is 11.3 Å². The van der Waals surface area contributed by atoms with Gasteiger partial charge in [0.05, 0.1) is 12.7 Å². The third-order valence-electron chi connectivity index (χ3n) is 6.09. The van der Waals surface area contributed by atoms with E-state index in [9.17, 15) is 9.59 Å². The van der Waals surface area contributed by atoms with Crippen LogP contribution in [0.2, 0.25) is 0 Å². The number of benzene rings is 2. The number of ether oxygens (including phenoxy) is 2. The Balaban J connectivity index is 1.66. The van der Waals surface area contributed by atoms with Crippen molar-refractivity contribution in [3.8, 4) is 5.75 Å². The number of hydrogen-bond donors (Lipinski definition) is 0. The van der Waals surface area contributed by atoms with Crippen molar-refractivity contribution in [3.63, 3.8) is 0 Å². The average Bonchev–Trinajstić information content (AvgIpc) is 3.19. The largest absolute Gasteiger partial charge is 0.486 e. The van der Waals surface area contributed by atoms with Crippen molar-refractivity contribution in [2.75, 3.05) is 13.7 Å². The highest BCUT2D eigenvalue weighted by Crippen LogP contribution is 2.33. The molecule has 0 radical (unpaired) electrons. The SMILES string of the molecule is CCC(CCc1cc2cc(C(=O)OC)ccc2s1)c1ccc(OCC(=O)C(C)(C)C)c(C)c1. The van der Waals surface area contributed by atoms with Crippen LogP contribution in [-0.4, -0.2) is 25.5 Å². The van der Waals surface area contributed by atoms with E-state index < -0.39 is 5.41 Å². The first-order chi connectivity index (χ1) is 15.6. The summed E-state index contributed by atoms with van der Waals surface area (Å²) in [7, 11) is 1.41. The normalized spacial score (nSPS) is 12.5.